The molecule has 2 heterocycles. The lowest BCUT2D eigenvalue weighted by Gasteiger charge is -2.15. The number of sulfonamides is 1. The number of nitrogens with one attached hydrogen (secondary N) is 2. The van der Waals surface area contributed by atoms with Crippen molar-refractivity contribution in [1.82, 2.24) is 14.6 Å². The first-order valence-corrected chi connectivity index (χ1v) is 10.7. The quantitative estimate of drug-likeness (QED) is 0.724. The van der Waals surface area contributed by atoms with Crippen molar-refractivity contribution in [3.63, 3.8) is 0 Å². The predicted molar refractivity (Wildman–Crippen MR) is 106 cm³/mol. The maximum atomic E-state index is 12.5. The number of ketones is 1. The van der Waals surface area contributed by atoms with Gasteiger partial charge < -0.3 is 10.3 Å². The van der Waals surface area contributed by atoms with Gasteiger partial charge in [0, 0.05) is 30.9 Å². The molecule has 0 atom stereocenters. The number of amides is 1. The van der Waals surface area contributed by atoms with E-state index in [9.17, 15) is 18.0 Å². The second-order valence-electron chi connectivity index (χ2n) is 7.12. The van der Waals surface area contributed by atoms with Crippen molar-refractivity contribution in [2.45, 2.75) is 45.1 Å². The minimum Gasteiger partial charge on any atom is -0.354 e. The lowest BCUT2D eigenvalue weighted by atomic mass is 10.1. The second kappa shape index (κ2) is 7.89. The van der Waals surface area contributed by atoms with Crippen molar-refractivity contribution in [1.29, 1.82) is 0 Å². The van der Waals surface area contributed by atoms with Gasteiger partial charge in [-0.1, -0.05) is 12.1 Å². The van der Waals surface area contributed by atoms with E-state index < -0.39 is 10.0 Å². The average Bonchev–Trinajstić information content (AvgIpc) is 3.28. The van der Waals surface area contributed by atoms with Crippen molar-refractivity contribution in [3.05, 3.63) is 52.3 Å². The molecule has 0 aliphatic carbocycles. The number of hydrogen-bond acceptors (Lipinski definition) is 4. The summed E-state index contributed by atoms with van der Waals surface area (Å²) < 4.78 is 26.6. The Bertz CT molecular complexity index is 1000. The van der Waals surface area contributed by atoms with Crippen LogP contribution in [-0.2, 0) is 16.6 Å². The third-order valence-corrected chi connectivity index (χ3v) is 7.01. The Kier molecular flexibility index (Phi) is 5.71. The van der Waals surface area contributed by atoms with Crippen LogP contribution in [0.25, 0.3) is 0 Å². The van der Waals surface area contributed by atoms with E-state index in [1.165, 1.54) is 11.2 Å². The molecule has 1 aliphatic heterocycles. The topological polar surface area (TPSA) is 99.3 Å². The van der Waals surface area contributed by atoms with Crippen molar-refractivity contribution in [2.75, 3.05) is 13.1 Å². The van der Waals surface area contributed by atoms with Gasteiger partial charge in [-0.15, -0.1) is 0 Å². The molecular weight excluding hydrogens is 378 g/mol. The van der Waals surface area contributed by atoms with Gasteiger partial charge in [0.1, 0.15) is 5.69 Å². The van der Waals surface area contributed by atoms with Crippen LogP contribution in [0.2, 0.25) is 0 Å². The van der Waals surface area contributed by atoms with Gasteiger partial charge in [-0.2, -0.15) is 4.31 Å². The summed E-state index contributed by atoms with van der Waals surface area (Å²) in [5.41, 5.74) is 3.01. The first-order chi connectivity index (χ1) is 13.2. The molecule has 28 heavy (non-hydrogen) atoms. The van der Waals surface area contributed by atoms with E-state index in [4.69, 9.17) is 0 Å². The molecule has 2 N–H and O–H groups in total. The summed E-state index contributed by atoms with van der Waals surface area (Å²) in [4.78, 5) is 27.4. The molecule has 1 aliphatic rings. The predicted octanol–water partition coefficient (Wildman–Crippen LogP) is 2.55. The highest BCUT2D eigenvalue weighted by molar-refractivity contribution is 7.89. The van der Waals surface area contributed by atoms with Crippen LogP contribution in [0, 0.1) is 13.8 Å². The molecule has 1 saturated heterocycles. The molecule has 8 heteroatoms. The Morgan fingerprint density at radius 3 is 2.25 bits per heavy atom. The first kappa shape index (κ1) is 20.3. The summed E-state index contributed by atoms with van der Waals surface area (Å²) >= 11 is 0. The summed E-state index contributed by atoms with van der Waals surface area (Å²) in [6.45, 7) is 6.38. The van der Waals surface area contributed by atoms with E-state index in [0.29, 0.717) is 35.6 Å². The van der Waals surface area contributed by atoms with Crippen LogP contribution in [0.3, 0.4) is 0 Å². The Hall–Kier alpha value is -2.45. The lowest BCUT2D eigenvalue weighted by Crippen LogP contribution is -2.28. The van der Waals surface area contributed by atoms with E-state index in [1.54, 1.807) is 38.1 Å². The maximum absolute atomic E-state index is 12.5. The highest BCUT2D eigenvalue weighted by atomic mass is 32.2. The molecule has 150 valence electrons. The summed E-state index contributed by atoms with van der Waals surface area (Å²) in [5.74, 6) is -0.387. The minimum absolute atomic E-state index is 0.0832. The standard InChI is InChI=1S/C20H25N3O4S/c1-13-18(15(3)24)14(2)22-19(13)20(25)21-12-16-6-8-17(9-7-16)28(26,27)23-10-4-5-11-23/h6-9,22H,4-5,10-12H2,1-3H3,(H,21,25). The van der Waals surface area contributed by atoms with Gasteiger partial charge in [0.15, 0.2) is 5.78 Å². The average molecular weight is 404 g/mol. The fraction of sp³-hybridized carbons (Fsp3) is 0.400. The highest BCUT2D eigenvalue weighted by Crippen LogP contribution is 2.21. The summed E-state index contributed by atoms with van der Waals surface area (Å²) in [7, 11) is -3.44. The van der Waals surface area contributed by atoms with Crippen LogP contribution in [0.5, 0.6) is 0 Å². The molecule has 0 bridgehead atoms. The molecule has 2 aromatic rings. The fourth-order valence-electron chi connectivity index (χ4n) is 3.63. The number of aromatic nitrogens is 1. The van der Waals surface area contributed by atoms with E-state index in [-0.39, 0.29) is 23.1 Å². The SMILES string of the molecule is CC(=O)c1c(C)[nH]c(C(=O)NCc2ccc(S(=O)(=O)N3CCCC3)cc2)c1C. The van der Waals surface area contributed by atoms with Crippen LogP contribution >= 0.6 is 0 Å². The Morgan fingerprint density at radius 1 is 1.11 bits per heavy atom. The molecule has 0 saturated carbocycles. The minimum atomic E-state index is -3.44. The number of carbonyl (C=O) groups is 2. The number of rotatable bonds is 6. The fourth-order valence-corrected chi connectivity index (χ4v) is 5.15. The Labute approximate surface area is 165 Å². The summed E-state index contributed by atoms with van der Waals surface area (Å²) in [6.07, 6.45) is 1.79. The molecule has 0 radical (unpaired) electrons. The third-order valence-electron chi connectivity index (χ3n) is 5.10. The van der Waals surface area contributed by atoms with Crippen LogP contribution in [0.1, 0.15) is 57.4 Å². The number of hydrogen-bond donors (Lipinski definition) is 2. The van der Waals surface area contributed by atoms with E-state index >= 15 is 0 Å². The number of carbonyl (C=O) groups excluding carboxylic acids is 2. The van der Waals surface area contributed by atoms with Crippen molar-refractivity contribution < 1.29 is 18.0 Å². The molecule has 0 spiro atoms. The van der Waals surface area contributed by atoms with E-state index in [2.05, 4.69) is 10.3 Å². The number of aryl methyl sites for hydroxylation is 1. The first-order valence-electron chi connectivity index (χ1n) is 9.29. The zero-order valence-electron chi connectivity index (χ0n) is 16.3. The lowest BCUT2D eigenvalue weighted by molar-refractivity contribution is 0.0945. The summed E-state index contributed by atoms with van der Waals surface area (Å²) in [6, 6.07) is 6.56. The maximum Gasteiger partial charge on any atom is 0.268 e. The number of Topliss-reactive ketones (excluding diaryl/α,β-unsaturated/α-hetero) is 1. The van der Waals surface area contributed by atoms with Gasteiger partial charge in [0.05, 0.1) is 4.90 Å². The van der Waals surface area contributed by atoms with Crippen LogP contribution in [0.4, 0.5) is 0 Å². The Morgan fingerprint density at radius 2 is 1.71 bits per heavy atom. The Balaban J connectivity index is 1.68. The van der Waals surface area contributed by atoms with Crippen molar-refractivity contribution in [2.24, 2.45) is 0 Å². The van der Waals surface area contributed by atoms with Crippen LogP contribution in [-0.4, -0.2) is 42.5 Å². The molecule has 1 fully saturated rings. The van der Waals surface area contributed by atoms with Gasteiger partial charge in [-0.3, -0.25) is 9.59 Å². The van der Waals surface area contributed by atoms with Crippen molar-refractivity contribution >= 4 is 21.7 Å². The highest BCUT2D eigenvalue weighted by Gasteiger charge is 2.27. The second-order valence-corrected chi connectivity index (χ2v) is 9.06. The van der Waals surface area contributed by atoms with Gasteiger partial charge in [-0.05, 0) is 56.9 Å². The third kappa shape index (κ3) is 3.88. The smallest absolute Gasteiger partial charge is 0.268 e. The van der Waals surface area contributed by atoms with E-state index in [0.717, 1.165) is 18.4 Å². The monoisotopic (exact) mass is 403 g/mol. The molecule has 1 aromatic carbocycles. The van der Waals surface area contributed by atoms with E-state index in [1.807, 2.05) is 0 Å². The van der Waals surface area contributed by atoms with Crippen LogP contribution < -0.4 is 5.32 Å². The molecular formula is C20H25N3O4S. The molecule has 0 unspecified atom stereocenters. The zero-order valence-corrected chi connectivity index (χ0v) is 17.1. The number of aromatic amines is 1. The normalized spacial score (nSPS) is 15.0. The largest absolute Gasteiger partial charge is 0.354 e. The molecule has 1 amide bonds. The van der Waals surface area contributed by atoms with Crippen LogP contribution in [0.15, 0.2) is 29.2 Å². The van der Waals surface area contributed by atoms with Gasteiger partial charge >= 0.3 is 0 Å². The molecule has 3 rings (SSSR count). The molecule has 1 aromatic heterocycles. The van der Waals surface area contributed by atoms with Gasteiger partial charge in [0.25, 0.3) is 5.91 Å². The summed E-state index contributed by atoms with van der Waals surface area (Å²) in [5, 5.41) is 2.81. The van der Waals surface area contributed by atoms with Gasteiger partial charge in [-0.25, -0.2) is 8.42 Å². The van der Waals surface area contributed by atoms with Crippen molar-refractivity contribution in [3.8, 4) is 0 Å². The number of benzene rings is 1. The van der Waals surface area contributed by atoms with Gasteiger partial charge in [0.2, 0.25) is 10.0 Å². The number of nitrogens with zero attached hydrogens (tertiary/aromatic N) is 1. The molecule has 7 nitrogen and oxygen atoms in total. The number of H-pyrrole nitrogens is 1. The zero-order chi connectivity index (χ0) is 20.5.